The lowest BCUT2D eigenvalue weighted by molar-refractivity contribution is -0.135. The second-order valence-electron chi connectivity index (χ2n) is 8.02. The Balaban J connectivity index is 2.39. The molecule has 1 aliphatic rings. The molecule has 2 rings (SSSR count). The fraction of sp³-hybridized carbons (Fsp3) is 0.700. The van der Waals surface area contributed by atoms with Crippen molar-refractivity contribution >= 4 is 23.3 Å². The van der Waals surface area contributed by atoms with Crippen LogP contribution in [0.25, 0.3) is 0 Å². The van der Waals surface area contributed by atoms with Gasteiger partial charge in [0.2, 0.25) is 11.8 Å². The van der Waals surface area contributed by atoms with Crippen LogP contribution in [-0.4, -0.2) is 59.6 Å². The van der Waals surface area contributed by atoms with Gasteiger partial charge >= 0.3 is 5.69 Å². The van der Waals surface area contributed by atoms with E-state index in [-0.39, 0.29) is 43.0 Å². The normalized spacial score (nSPS) is 15.2. The number of hydrogen-bond acceptors (Lipinski definition) is 6. The van der Waals surface area contributed by atoms with Gasteiger partial charge in [0, 0.05) is 33.2 Å². The van der Waals surface area contributed by atoms with Crippen LogP contribution >= 0.6 is 0 Å². The molecule has 30 heavy (non-hydrogen) atoms. The third kappa shape index (κ3) is 5.94. The summed E-state index contributed by atoms with van der Waals surface area (Å²) in [4.78, 5) is 55.4. The van der Waals surface area contributed by atoms with E-state index in [9.17, 15) is 19.2 Å². The number of nitrogen functional groups attached to an aromatic ring is 1. The molecule has 10 heteroatoms. The van der Waals surface area contributed by atoms with Gasteiger partial charge in [0.15, 0.2) is 5.69 Å². The Morgan fingerprint density at radius 1 is 1.20 bits per heavy atom. The topological polar surface area (TPSA) is 131 Å². The maximum Gasteiger partial charge on any atom is 0.330 e. The number of carbonyl (C=O) groups is 2. The Bertz CT molecular complexity index is 860. The van der Waals surface area contributed by atoms with Crippen molar-refractivity contribution < 1.29 is 14.3 Å². The molecule has 10 nitrogen and oxygen atoms in total. The summed E-state index contributed by atoms with van der Waals surface area (Å²) in [6, 6.07) is 0. The summed E-state index contributed by atoms with van der Waals surface area (Å²) in [5.41, 5.74) is 4.74. The minimum absolute atomic E-state index is 0.0681. The van der Waals surface area contributed by atoms with Crippen LogP contribution in [0.4, 0.5) is 11.5 Å². The van der Waals surface area contributed by atoms with Gasteiger partial charge in [-0.25, -0.2) is 4.79 Å². The number of aromatic nitrogens is 2. The first-order chi connectivity index (χ1) is 14.3. The fourth-order valence-corrected chi connectivity index (χ4v) is 3.56. The molecule has 0 aliphatic carbocycles. The Morgan fingerprint density at radius 3 is 2.57 bits per heavy atom. The van der Waals surface area contributed by atoms with Crippen molar-refractivity contribution in [3.63, 3.8) is 0 Å². The molecule has 0 spiro atoms. The molecule has 1 aromatic heterocycles. The number of amides is 2. The van der Waals surface area contributed by atoms with Crippen LogP contribution in [0, 0.1) is 5.92 Å². The van der Waals surface area contributed by atoms with Gasteiger partial charge < -0.3 is 20.3 Å². The Labute approximate surface area is 176 Å². The number of H-pyrrole nitrogens is 1. The van der Waals surface area contributed by atoms with Crippen molar-refractivity contribution in [1.29, 1.82) is 0 Å². The van der Waals surface area contributed by atoms with Gasteiger partial charge in [-0.05, 0) is 18.8 Å². The van der Waals surface area contributed by atoms with Crippen LogP contribution in [0.15, 0.2) is 9.59 Å². The molecular weight excluding hydrogens is 390 g/mol. The monoisotopic (exact) mass is 423 g/mol. The summed E-state index contributed by atoms with van der Waals surface area (Å²) in [6.45, 7) is 4.72. The number of methoxy groups -OCH3 is 1. The average Bonchev–Trinajstić information content (AvgIpc) is 2.67. The maximum atomic E-state index is 13.2. The third-order valence-corrected chi connectivity index (χ3v) is 5.10. The van der Waals surface area contributed by atoms with Crippen molar-refractivity contribution in [3.8, 4) is 0 Å². The molecule has 2 amide bonds. The van der Waals surface area contributed by atoms with Crippen LogP contribution in [0.2, 0.25) is 0 Å². The van der Waals surface area contributed by atoms with Crippen LogP contribution in [0.5, 0.6) is 0 Å². The molecule has 2 heterocycles. The zero-order valence-electron chi connectivity index (χ0n) is 18.1. The molecule has 0 atom stereocenters. The largest absolute Gasteiger partial charge is 0.383 e. The minimum atomic E-state index is -0.735. The lowest BCUT2D eigenvalue weighted by atomic mass is 10.1. The number of likely N-dealkylation sites (tertiary alicyclic amines) is 1. The van der Waals surface area contributed by atoms with E-state index in [2.05, 4.69) is 4.98 Å². The van der Waals surface area contributed by atoms with E-state index in [0.29, 0.717) is 19.5 Å². The molecule has 0 radical (unpaired) electrons. The number of hydrogen-bond donors (Lipinski definition) is 2. The highest BCUT2D eigenvalue weighted by atomic mass is 16.5. The number of nitrogens with one attached hydrogen (secondary N) is 1. The molecule has 0 aromatic carbocycles. The zero-order valence-corrected chi connectivity index (χ0v) is 18.1. The van der Waals surface area contributed by atoms with E-state index in [1.54, 1.807) is 0 Å². The molecule has 1 aromatic rings. The van der Waals surface area contributed by atoms with Gasteiger partial charge in [0.1, 0.15) is 12.4 Å². The molecule has 1 fully saturated rings. The van der Waals surface area contributed by atoms with Crippen molar-refractivity contribution in [2.24, 2.45) is 5.92 Å². The van der Waals surface area contributed by atoms with Gasteiger partial charge in [0.25, 0.3) is 5.56 Å². The first kappa shape index (κ1) is 23.7. The SMILES string of the molecule is COCCN(C(=O)CN1CCCCCCC1=O)c1c(N)n(CC(C)C)c(=O)[nH]c1=O. The summed E-state index contributed by atoms with van der Waals surface area (Å²) >= 11 is 0. The average molecular weight is 424 g/mol. The van der Waals surface area contributed by atoms with Crippen molar-refractivity contribution in [2.75, 3.05) is 44.0 Å². The summed E-state index contributed by atoms with van der Waals surface area (Å²) in [7, 11) is 1.48. The van der Waals surface area contributed by atoms with Crippen LogP contribution in [0.3, 0.4) is 0 Å². The quantitative estimate of drug-likeness (QED) is 0.628. The number of ether oxygens (including phenoxy) is 1. The number of rotatable bonds is 8. The van der Waals surface area contributed by atoms with Crippen molar-refractivity contribution in [2.45, 2.75) is 52.5 Å². The lowest BCUT2D eigenvalue weighted by Gasteiger charge is -2.29. The molecule has 0 saturated carbocycles. The summed E-state index contributed by atoms with van der Waals surface area (Å²) in [6.07, 6.45) is 4.07. The van der Waals surface area contributed by atoms with Gasteiger partial charge in [-0.2, -0.15) is 0 Å². The van der Waals surface area contributed by atoms with Gasteiger partial charge in [-0.3, -0.25) is 23.9 Å². The van der Waals surface area contributed by atoms with Crippen LogP contribution in [-0.2, 0) is 20.9 Å². The number of carbonyl (C=O) groups excluding carboxylic acids is 2. The Kier molecular flexibility index (Phi) is 8.64. The highest BCUT2D eigenvalue weighted by molar-refractivity contribution is 5.98. The van der Waals surface area contributed by atoms with E-state index < -0.39 is 17.2 Å². The number of aromatic amines is 1. The van der Waals surface area contributed by atoms with E-state index in [4.69, 9.17) is 10.5 Å². The van der Waals surface area contributed by atoms with E-state index in [0.717, 1.165) is 25.7 Å². The van der Waals surface area contributed by atoms with Crippen molar-refractivity contribution in [3.05, 3.63) is 20.8 Å². The fourth-order valence-electron chi connectivity index (χ4n) is 3.56. The van der Waals surface area contributed by atoms with E-state index in [1.165, 1.54) is 21.5 Å². The Hall–Kier alpha value is -2.62. The number of anilines is 2. The first-order valence-electron chi connectivity index (χ1n) is 10.5. The second kappa shape index (κ2) is 11.0. The van der Waals surface area contributed by atoms with E-state index >= 15 is 0 Å². The smallest absolute Gasteiger partial charge is 0.330 e. The molecule has 168 valence electrons. The maximum absolute atomic E-state index is 13.2. The van der Waals surface area contributed by atoms with Crippen LogP contribution < -0.4 is 21.9 Å². The zero-order chi connectivity index (χ0) is 22.3. The summed E-state index contributed by atoms with van der Waals surface area (Å²) in [5.74, 6) is -0.472. The molecule has 3 N–H and O–H groups in total. The molecule has 0 unspecified atom stereocenters. The highest BCUT2D eigenvalue weighted by Crippen LogP contribution is 2.19. The predicted molar refractivity (Wildman–Crippen MR) is 114 cm³/mol. The third-order valence-electron chi connectivity index (χ3n) is 5.10. The van der Waals surface area contributed by atoms with E-state index in [1.807, 2.05) is 13.8 Å². The predicted octanol–water partition coefficient (Wildman–Crippen LogP) is 0.547. The second-order valence-corrected chi connectivity index (χ2v) is 8.02. The number of nitrogens with zero attached hydrogens (tertiary/aromatic N) is 3. The lowest BCUT2D eigenvalue weighted by Crippen LogP contribution is -2.48. The summed E-state index contributed by atoms with van der Waals surface area (Å²) in [5, 5.41) is 0. The van der Waals surface area contributed by atoms with Gasteiger partial charge in [-0.15, -0.1) is 0 Å². The molecule has 1 aliphatic heterocycles. The standard InChI is InChI=1S/C20H33N5O5/c1-14(2)12-25-18(21)17(19(28)22-20(25)29)24(10-11-30-3)16(27)13-23-9-7-5-4-6-8-15(23)26/h14H,4-13,21H2,1-3H3,(H,22,28,29). The first-order valence-corrected chi connectivity index (χ1v) is 10.5. The van der Waals surface area contributed by atoms with Crippen molar-refractivity contribution in [1.82, 2.24) is 14.5 Å². The molecule has 0 bridgehead atoms. The van der Waals surface area contributed by atoms with Crippen LogP contribution in [0.1, 0.15) is 46.0 Å². The minimum Gasteiger partial charge on any atom is -0.383 e. The summed E-state index contributed by atoms with van der Waals surface area (Å²) < 4.78 is 6.35. The number of nitrogens with two attached hydrogens (primary N) is 1. The highest BCUT2D eigenvalue weighted by Gasteiger charge is 2.27. The van der Waals surface area contributed by atoms with Gasteiger partial charge in [-0.1, -0.05) is 26.7 Å². The molecular formula is C20H33N5O5. The van der Waals surface area contributed by atoms with Gasteiger partial charge in [0.05, 0.1) is 6.61 Å². The molecule has 1 saturated heterocycles. The Morgan fingerprint density at radius 2 is 1.90 bits per heavy atom.